The molecular formula is C82H108N16O3Y8-16. The van der Waals surface area contributed by atoms with Crippen molar-refractivity contribution in [1.82, 2.24) is 80.2 Å². The van der Waals surface area contributed by atoms with Crippen molar-refractivity contribution >= 4 is 0 Å². The van der Waals surface area contributed by atoms with Gasteiger partial charge in [0, 0.05) is 302 Å². The van der Waals surface area contributed by atoms with E-state index in [1.54, 1.807) is 24.3 Å². The Hall–Kier alpha value is -1.47. The molecule has 27 heteroatoms. The number of benzene rings is 3. The monoisotopic (exact) mass is 2080 g/mol. The van der Waals surface area contributed by atoms with Crippen LogP contribution in [0.25, 0.3) is 0 Å². The summed E-state index contributed by atoms with van der Waals surface area (Å²) in [5.41, 5.74) is 20.6. The molecule has 0 aliphatic heterocycles. The molecule has 11 aromatic rings. The van der Waals surface area contributed by atoms with E-state index in [1.807, 2.05) is 215 Å². The molecule has 0 saturated heterocycles. The van der Waals surface area contributed by atoms with Gasteiger partial charge in [-0.1, -0.05) is 105 Å². The Balaban J connectivity index is -0.0000000871. The molecule has 0 atom stereocenters. The largest absolute Gasteiger partial charge is 0.479 e. The fourth-order valence-electron chi connectivity index (χ4n) is 7.50. The van der Waals surface area contributed by atoms with Crippen LogP contribution in [0.4, 0.5) is 0 Å². The molecule has 8 radical (unpaired) electrons. The summed E-state index contributed by atoms with van der Waals surface area (Å²) in [7, 11) is 0. The summed E-state index contributed by atoms with van der Waals surface area (Å²) >= 11 is 0. The molecular weight excluding hydrogens is 1970 g/mol. The number of hydrogen-bond acceptors (Lipinski definition) is 19. The maximum Gasteiger partial charge on any atom is 0.320 e. The third-order valence-electron chi connectivity index (χ3n) is 13.7. The summed E-state index contributed by atoms with van der Waals surface area (Å²) in [6.45, 7) is 46.6. The molecule has 0 aliphatic carbocycles. The Bertz CT molecular complexity index is 3940. The first-order valence-electron chi connectivity index (χ1n) is 29.8. The second-order valence-electron chi connectivity index (χ2n) is 21.4. The summed E-state index contributed by atoms with van der Waals surface area (Å²) in [4.78, 5) is 49.9. The first kappa shape index (κ1) is 137. The van der Waals surface area contributed by atoms with E-state index in [0.29, 0.717) is 11.9 Å². The quantitative estimate of drug-likeness (QED) is 0.141. The molecule has 109 heavy (non-hydrogen) atoms. The minimum atomic E-state index is 0. The molecule has 0 fully saturated rings. The second-order valence-corrected chi connectivity index (χ2v) is 21.4. The van der Waals surface area contributed by atoms with Crippen molar-refractivity contribution in [3.8, 4) is 34.9 Å². The molecule has 0 spiro atoms. The fourth-order valence-corrected chi connectivity index (χ4v) is 7.50. The molecule has 8 aromatic heterocycles. The fraction of sp³-hybridized carbons (Fsp3) is 0.293. The van der Waals surface area contributed by atoms with Gasteiger partial charge in [0.2, 0.25) is 5.88 Å². The van der Waals surface area contributed by atoms with E-state index in [-0.39, 0.29) is 321 Å². The minimum absolute atomic E-state index is 0. The molecule has 0 unspecified atom stereocenters. The molecule has 0 bridgehead atoms. The summed E-state index contributed by atoms with van der Waals surface area (Å²) in [6, 6.07) is 37.2. The van der Waals surface area contributed by atoms with E-state index in [0.717, 1.165) is 154 Å². The standard InChI is InChI=1S/3C13H13N2O.5C7H9N2.8CH3.8Y/c1-9-13(10(2)15-11(3)14-9)16-12-7-5-4-6-8-12;1-9-10(2)15-13(11(3)14-9)16-12-7-5-4-6-8-12;1-9-10(2)14-13(15-11(9)3)16-12-7-5-4-6-8-12;1-5-6(2)8-4-9-7(5)3;1-5-4-8-7(3)9-6(5)2;1-5-4-8-9-7(3)6(5)2;1-5-4-6(2)9-7(3)8-5;1-5-4-6(2)8-9-7(5)3;;;;;;;;;;;;;;;;/h3*5-8H,1-3H3;5*1-3H3;8*1H3;;;;;;;;/q16*-1;;;;;;;;. The van der Waals surface area contributed by atoms with Gasteiger partial charge in [-0.3, -0.25) is 25.1 Å². The second kappa shape index (κ2) is 72.9. The first-order chi connectivity index (χ1) is 44.0. The normalized spacial score (nSPS) is 8.48. The number of hydrogen-bond donors (Lipinski definition) is 0. The Morgan fingerprint density at radius 1 is 0.266 bits per heavy atom. The molecule has 0 N–H and O–H groups in total. The molecule has 0 amide bonds. The smallest absolute Gasteiger partial charge is 0.320 e. The van der Waals surface area contributed by atoms with Gasteiger partial charge in [0.05, 0.1) is 28.5 Å². The van der Waals surface area contributed by atoms with Crippen LogP contribution >= 0.6 is 0 Å². The molecule has 19 nitrogen and oxygen atoms in total. The van der Waals surface area contributed by atoms with Crippen LogP contribution in [0, 0.1) is 275 Å². The van der Waals surface area contributed by atoms with E-state index in [2.05, 4.69) is 129 Å². The molecule has 0 saturated carbocycles. The average Bonchev–Trinajstić information content (AvgIpc) is 0.864. The van der Waals surface area contributed by atoms with Gasteiger partial charge in [0.15, 0.2) is 5.75 Å². The summed E-state index contributed by atoms with van der Waals surface area (Å²) < 4.78 is 17.0. The number of aryl methyl sites for hydroxylation is 21. The van der Waals surface area contributed by atoms with Crippen molar-refractivity contribution in [1.29, 1.82) is 0 Å². The van der Waals surface area contributed by atoms with Crippen LogP contribution in [0.1, 0.15) is 136 Å². The zero-order valence-electron chi connectivity index (χ0n) is 70.9. The number of rotatable bonds is 6. The minimum Gasteiger partial charge on any atom is -0.479 e. The third-order valence-corrected chi connectivity index (χ3v) is 13.7. The van der Waals surface area contributed by atoms with Gasteiger partial charge in [0.25, 0.3) is 0 Å². The maximum atomic E-state index is 5.75. The SMILES string of the molecule is Cc1[c-]c(C)c(C)nn1.Cc1[c-]c(C)nc(C)n1.Cc1[c-]nnc(C)c1C.Cc1n[c-]c(C)c(C)n1.Cc1n[c-]nc(C)c1C.Cc1nc(C)c(Oc2cc[c-]cc2)c(C)n1.Cc1nc(C)c(Oc2cc[c-]cc2)nc1C.Cc1nc(Oc2cc[c-]cc2)nc(C)c1C.[CH3-].[CH3-].[CH3-].[CH3-].[CH3-].[CH3-].[CH3-].[CH3-].[Y].[Y].[Y].[Y].[Y].[Y].[Y].[Y]. The Kier molecular flexibility index (Phi) is 91.4. The topological polar surface area (TPSA) is 234 Å². The van der Waals surface area contributed by atoms with Crippen molar-refractivity contribution in [3.05, 3.63) is 318 Å². The summed E-state index contributed by atoms with van der Waals surface area (Å²) in [5, 5.41) is 15.2. The van der Waals surface area contributed by atoms with Gasteiger partial charge in [0.1, 0.15) is 11.6 Å². The van der Waals surface area contributed by atoms with E-state index < -0.39 is 0 Å². The van der Waals surface area contributed by atoms with Crippen LogP contribution in [0.5, 0.6) is 34.9 Å². The van der Waals surface area contributed by atoms with Crippen LogP contribution in [0.2, 0.25) is 0 Å². The van der Waals surface area contributed by atoms with Gasteiger partial charge in [-0.2, -0.15) is 91.5 Å². The van der Waals surface area contributed by atoms with Gasteiger partial charge in [-0.15, -0.1) is 72.0 Å². The Labute approximate surface area is 861 Å². The van der Waals surface area contributed by atoms with Crippen LogP contribution in [-0.2, 0) is 262 Å². The molecule has 8 heterocycles. The first-order valence-corrected chi connectivity index (χ1v) is 29.8. The zero-order chi connectivity index (χ0) is 68.9. The van der Waals surface area contributed by atoms with Crippen molar-refractivity contribution in [2.24, 2.45) is 0 Å². The van der Waals surface area contributed by atoms with E-state index in [4.69, 9.17) is 14.2 Å². The van der Waals surface area contributed by atoms with Gasteiger partial charge >= 0.3 is 6.01 Å². The van der Waals surface area contributed by atoms with Crippen molar-refractivity contribution in [2.75, 3.05) is 0 Å². The molecule has 0 aliphatic rings. The van der Waals surface area contributed by atoms with Crippen LogP contribution in [0.3, 0.4) is 0 Å². The van der Waals surface area contributed by atoms with Gasteiger partial charge in [-0.05, 0) is 100 Å². The summed E-state index contributed by atoms with van der Waals surface area (Å²) in [6.07, 6.45) is 8.20. The van der Waals surface area contributed by atoms with Gasteiger partial charge < -0.3 is 99.6 Å². The number of ether oxygens (including phenoxy) is 3. The van der Waals surface area contributed by atoms with Crippen LogP contribution in [0.15, 0.2) is 72.8 Å². The van der Waals surface area contributed by atoms with Crippen molar-refractivity contribution < 1.29 is 276 Å². The molecule has 11 rings (SSSR count). The Morgan fingerprint density at radius 3 is 1.04 bits per heavy atom. The predicted molar refractivity (Wildman–Crippen MR) is 411 cm³/mol. The van der Waals surface area contributed by atoms with Crippen LogP contribution < -0.4 is 14.2 Å². The van der Waals surface area contributed by atoms with Gasteiger partial charge in [-0.25, -0.2) is 21.0 Å². The van der Waals surface area contributed by atoms with E-state index >= 15 is 0 Å². The van der Waals surface area contributed by atoms with E-state index in [1.165, 1.54) is 5.56 Å². The zero-order valence-corrected chi connectivity index (χ0v) is 93.6. The maximum absolute atomic E-state index is 5.75. The van der Waals surface area contributed by atoms with E-state index in [9.17, 15) is 0 Å². The third kappa shape index (κ3) is 52.8. The average molecular weight is 2080 g/mol. The predicted octanol–water partition coefficient (Wildman–Crippen LogP) is 18.6. The van der Waals surface area contributed by atoms with Crippen molar-refractivity contribution in [3.63, 3.8) is 0 Å². The van der Waals surface area contributed by atoms with Crippen molar-refractivity contribution in [2.45, 2.75) is 166 Å². The molecule has 3 aromatic carbocycles. The number of aromatic nitrogens is 16. The summed E-state index contributed by atoms with van der Waals surface area (Å²) in [5.74, 6) is 5.93. The number of nitrogens with zero attached hydrogens (tertiary/aromatic N) is 16. The molecule has 574 valence electrons. The Morgan fingerprint density at radius 2 is 0.661 bits per heavy atom. The van der Waals surface area contributed by atoms with Crippen LogP contribution in [-0.4, -0.2) is 80.2 Å².